The van der Waals surface area contributed by atoms with Gasteiger partial charge in [-0.25, -0.2) is 0 Å². The van der Waals surface area contributed by atoms with Crippen molar-refractivity contribution in [3.05, 3.63) is 52.5 Å². The van der Waals surface area contributed by atoms with Crippen LogP contribution in [0, 0.1) is 0 Å². The van der Waals surface area contributed by atoms with Gasteiger partial charge in [0.15, 0.2) is 0 Å². The van der Waals surface area contributed by atoms with Crippen LogP contribution in [0.2, 0.25) is 0 Å². The van der Waals surface area contributed by atoms with Gasteiger partial charge in [-0.05, 0) is 52.0 Å². The Balaban J connectivity index is 2.21. The largest absolute Gasteiger partial charge is 0.398 e. The Kier molecular flexibility index (Phi) is 5.09. The molecule has 0 atom stereocenters. The van der Waals surface area contributed by atoms with E-state index in [1.54, 1.807) is 30.0 Å². The molecule has 0 heterocycles. The maximum atomic E-state index is 12.3. The van der Waals surface area contributed by atoms with E-state index >= 15 is 0 Å². The maximum absolute atomic E-state index is 12.3. The summed E-state index contributed by atoms with van der Waals surface area (Å²) >= 11 is 5.03. The summed E-state index contributed by atoms with van der Waals surface area (Å²) in [6.45, 7) is 2.08. The van der Waals surface area contributed by atoms with Gasteiger partial charge in [0.1, 0.15) is 0 Å². The van der Waals surface area contributed by atoms with E-state index in [4.69, 9.17) is 5.73 Å². The van der Waals surface area contributed by atoms with Gasteiger partial charge >= 0.3 is 0 Å². The van der Waals surface area contributed by atoms with Crippen molar-refractivity contribution in [1.82, 2.24) is 0 Å². The Morgan fingerprint density at radius 1 is 1.30 bits per heavy atom. The van der Waals surface area contributed by atoms with Gasteiger partial charge in [0.05, 0.1) is 5.69 Å². The number of halogens is 1. The Labute approximate surface area is 131 Å². The second-order valence-corrected chi connectivity index (χ2v) is 6.28. The highest BCUT2D eigenvalue weighted by atomic mass is 79.9. The van der Waals surface area contributed by atoms with Crippen molar-refractivity contribution in [2.75, 3.05) is 16.8 Å². The zero-order valence-electron chi connectivity index (χ0n) is 11.0. The van der Waals surface area contributed by atoms with Gasteiger partial charge in [-0.1, -0.05) is 19.1 Å². The SMILES string of the molecule is CCSc1ccccc1NC(=O)c1ccc(N)c(Br)c1. The van der Waals surface area contributed by atoms with Crippen molar-refractivity contribution in [2.24, 2.45) is 0 Å². The number of anilines is 2. The van der Waals surface area contributed by atoms with Gasteiger partial charge < -0.3 is 11.1 Å². The van der Waals surface area contributed by atoms with Crippen molar-refractivity contribution in [1.29, 1.82) is 0 Å². The minimum atomic E-state index is -0.144. The lowest BCUT2D eigenvalue weighted by Crippen LogP contribution is -2.12. The predicted molar refractivity (Wildman–Crippen MR) is 89.3 cm³/mol. The number of amides is 1. The minimum Gasteiger partial charge on any atom is -0.398 e. The Bertz CT molecular complexity index is 631. The van der Waals surface area contributed by atoms with E-state index in [1.165, 1.54) is 0 Å². The average molecular weight is 351 g/mol. The molecule has 3 N–H and O–H groups in total. The van der Waals surface area contributed by atoms with Gasteiger partial charge in [-0.2, -0.15) is 0 Å². The van der Waals surface area contributed by atoms with Crippen molar-refractivity contribution < 1.29 is 4.79 Å². The first-order valence-corrected chi connectivity index (χ1v) is 7.98. The summed E-state index contributed by atoms with van der Waals surface area (Å²) < 4.78 is 0.723. The van der Waals surface area contributed by atoms with Crippen LogP contribution < -0.4 is 11.1 Å². The third-order valence-corrected chi connectivity index (χ3v) is 4.34. The highest BCUT2D eigenvalue weighted by Gasteiger charge is 2.10. The molecule has 20 heavy (non-hydrogen) atoms. The van der Waals surface area contributed by atoms with E-state index in [1.807, 2.05) is 24.3 Å². The summed E-state index contributed by atoms with van der Waals surface area (Å²) in [6, 6.07) is 12.9. The van der Waals surface area contributed by atoms with E-state index in [0.717, 1.165) is 20.8 Å². The molecule has 0 aromatic heterocycles. The highest BCUT2D eigenvalue weighted by Crippen LogP contribution is 2.27. The second kappa shape index (κ2) is 6.81. The maximum Gasteiger partial charge on any atom is 0.255 e. The third-order valence-electron chi connectivity index (χ3n) is 2.70. The molecule has 2 rings (SSSR count). The van der Waals surface area contributed by atoms with Gasteiger partial charge in [0, 0.05) is 20.6 Å². The smallest absolute Gasteiger partial charge is 0.255 e. The summed E-state index contributed by atoms with van der Waals surface area (Å²) in [5, 5.41) is 2.94. The predicted octanol–water partition coefficient (Wildman–Crippen LogP) is 4.40. The van der Waals surface area contributed by atoms with Crippen LogP contribution in [0.5, 0.6) is 0 Å². The number of nitrogen functional groups attached to an aromatic ring is 1. The van der Waals surface area contributed by atoms with Gasteiger partial charge in [-0.15, -0.1) is 11.8 Å². The van der Waals surface area contributed by atoms with Gasteiger partial charge in [-0.3, -0.25) is 4.79 Å². The van der Waals surface area contributed by atoms with Crippen LogP contribution in [0.15, 0.2) is 51.8 Å². The molecular weight excluding hydrogens is 336 g/mol. The summed E-state index contributed by atoms with van der Waals surface area (Å²) in [6.07, 6.45) is 0. The number of rotatable bonds is 4. The quantitative estimate of drug-likeness (QED) is 0.634. The van der Waals surface area contributed by atoms with Crippen LogP contribution in [-0.4, -0.2) is 11.7 Å². The van der Waals surface area contributed by atoms with Crippen LogP contribution in [0.4, 0.5) is 11.4 Å². The van der Waals surface area contributed by atoms with E-state index in [-0.39, 0.29) is 5.91 Å². The van der Waals surface area contributed by atoms with Gasteiger partial charge in [0.2, 0.25) is 0 Å². The average Bonchev–Trinajstić information content (AvgIpc) is 2.44. The lowest BCUT2D eigenvalue weighted by Gasteiger charge is -2.10. The summed E-state index contributed by atoms with van der Waals surface area (Å²) in [5.74, 6) is 0.815. The summed E-state index contributed by atoms with van der Waals surface area (Å²) in [5.41, 5.74) is 7.74. The number of nitrogens with one attached hydrogen (secondary N) is 1. The first kappa shape index (κ1) is 14.9. The Hall–Kier alpha value is -1.46. The molecule has 0 fully saturated rings. The normalized spacial score (nSPS) is 10.3. The third kappa shape index (κ3) is 3.55. The van der Waals surface area contributed by atoms with Crippen LogP contribution in [-0.2, 0) is 0 Å². The van der Waals surface area contributed by atoms with E-state index in [2.05, 4.69) is 28.2 Å². The minimum absolute atomic E-state index is 0.144. The zero-order chi connectivity index (χ0) is 14.5. The van der Waals surface area contributed by atoms with Crippen molar-refractivity contribution in [3.8, 4) is 0 Å². The molecule has 104 valence electrons. The number of nitrogens with two attached hydrogens (primary N) is 1. The van der Waals surface area contributed by atoms with Crippen LogP contribution >= 0.6 is 27.7 Å². The molecule has 0 saturated carbocycles. The molecule has 0 aliphatic carbocycles. The van der Waals surface area contributed by atoms with Gasteiger partial charge in [0.25, 0.3) is 5.91 Å². The molecule has 0 unspecified atom stereocenters. The molecule has 0 bridgehead atoms. The molecule has 2 aromatic rings. The fourth-order valence-electron chi connectivity index (χ4n) is 1.71. The van der Waals surface area contributed by atoms with Crippen molar-refractivity contribution in [3.63, 3.8) is 0 Å². The number of thioether (sulfide) groups is 1. The summed E-state index contributed by atoms with van der Waals surface area (Å²) in [4.78, 5) is 13.3. The molecule has 1 amide bonds. The monoisotopic (exact) mass is 350 g/mol. The fourth-order valence-corrected chi connectivity index (χ4v) is 2.85. The Morgan fingerprint density at radius 2 is 2.05 bits per heavy atom. The van der Waals surface area contributed by atoms with Crippen molar-refractivity contribution >= 4 is 45.0 Å². The standard InChI is InChI=1S/C15H15BrN2OS/c1-2-20-14-6-4-3-5-13(14)18-15(19)10-7-8-12(17)11(16)9-10/h3-9H,2,17H2,1H3,(H,18,19). The highest BCUT2D eigenvalue weighted by molar-refractivity contribution is 9.10. The van der Waals surface area contributed by atoms with Crippen LogP contribution in [0.1, 0.15) is 17.3 Å². The van der Waals surface area contributed by atoms with Crippen molar-refractivity contribution in [2.45, 2.75) is 11.8 Å². The number of benzene rings is 2. The molecule has 0 spiro atoms. The van der Waals surface area contributed by atoms with E-state index in [0.29, 0.717) is 11.3 Å². The molecule has 2 aromatic carbocycles. The number of para-hydroxylation sites is 1. The number of carbonyl (C=O) groups is 1. The summed E-state index contributed by atoms with van der Waals surface area (Å²) in [7, 11) is 0. The first-order valence-electron chi connectivity index (χ1n) is 6.20. The molecule has 0 saturated heterocycles. The first-order chi connectivity index (χ1) is 9.61. The number of carbonyl (C=O) groups excluding carboxylic acids is 1. The molecular formula is C15H15BrN2OS. The van der Waals surface area contributed by atoms with Crippen LogP contribution in [0.3, 0.4) is 0 Å². The zero-order valence-corrected chi connectivity index (χ0v) is 13.4. The lowest BCUT2D eigenvalue weighted by atomic mass is 10.2. The molecule has 3 nitrogen and oxygen atoms in total. The molecule has 0 aliphatic heterocycles. The fraction of sp³-hybridized carbons (Fsp3) is 0.133. The number of hydrogen-bond acceptors (Lipinski definition) is 3. The molecule has 5 heteroatoms. The number of hydrogen-bond donors (Lipinski definition) is 2. The van der Waals surface area contributed by atoms with Crippen LogP contribution in [0.25, 0.3) is 0 Å². The molecule has 0 radical (unpaired) electrons. The lowest BCUT2D eigenvalue weighted by molar-refractivity contribution is 0.102. The topological polar surface area (TPSA) is 55.1 Å². The van der Waals surface area contributed by atoms with E-state index < -0.39 is 0 Å². The Morgan fingerprint density at radius 3 is 2.75 bits per heavy atom. The second-order valence-electron chi connectivity index (χ2n) is 4.12. The molecule has 0 aliphatic rings. The van der Waals surface area contributed by atoms with E-state index in [9.17, 15) is 4.79 Å².